The average molecular weight is 563 g/mol. The van der Waals surface area contributed by atoms with Crippen LogP contribution in [0.1, 0.15) is 36.1 Å². The van der Waals surface area contributed by atoms with Gasteiger partial charge in [0.2, 0.25) is 21.8 Å². The van der Waals surface area contributed by atoms with Crippen molar-refractivity contribution < 1.29 is 27.9 Å². The standard InChI is InChI=1S/C26H34N4O6S2/c1-19-6-8-21(9-7-19)38(35,36)30-12-2-5-23(30)25(32)27-22(26(33)34)10-11-24(31)29-15-13-28(14-16-29)18-20-4-3-17-37-20/h3-4,6-9,17,22-23H,2,5,10-16,18H2,1H3,(H,27,32)(H,33,34)/t22-,23+/m0/s1. The molecule has 2 saturated heterocycles. The van der Waals surface area contributed by atoms with Gasteiger partial charge in [0.25, 0.3) is 0 Å². The monoisotopic (exact) mass is 562 g/mol. The predicted octanol–water partition coefficient (Wildman–Crippen LogP) is 1.90. The van der Waals surface area contributed by atoms with Crippen molar-refractivity contribution >= 4 is 39.1 Å². The number of nitrogens with zero attached hydrogens (tertiary/aromatic N) is 3. The number of benzene rings is 1. The van der Waals surface area contributed by atoms with Crippen LogP contribution in [0.2, 0.25) is 0 Å². The van der Waals surface area contributed by atoms with Crippen LogP contribution >= 0.6 is 11.3 Å². The number of aliphatic carboxylic acids is 1. The van der Waals surface area contributed by atoms with Crippen LogP contribution in [0.5, 0.6) is 0 Å². The number of carbonyl (C=O) groups excluding carboxylic acids is 2. The Hall–Kier alpha value is -2.80. The van der Waals surface area contributed by atoms with E-state index in [9.17, 15) is 27.9 Å². The molecule has 0 radical (unpaired) electrons. The first-order valence-electron chi connectivity index (χ1n) is 12.8. The number of nitrogens with one attached hydrogen (secondary N) is 1. The number of hydrogen-bond acceptors (Lipinski definition) is 7. The maximum absolute atomic E-state index is 13.2. The molecule has 2 aliphatic rings. The van der Waals surface area contributed by atoms with Crippen LogP contribution in [0, 0.1) is 6.92 Å². The number of amides is 2. The number of rotatable bonds is 10. The largest absolute Gasteiger partial charge is 0.480 e. The fourth-order valence-corrected chi connectivity index (χ4v) is 7.27. The van der Waals surface area contributed by atoms with E-state index >= 15 is 0 Å². The van der Waals surface area contributed by atoms with E-state index in [4.69, 9.17) is 0 Å². The van der Waals surface area contributed by atoms with E-state index in [2.05, 4.69) is 16.3 Å². The molecule has 10 nitrogen and oxygen atoms in total. The van der Waals surface area contributed by atoms with E-state index in [1.54, 1.807) is 28.4 Å². The van der Waals surface area contributed by atoms with Crippen LogP contribution in [0.3, 0.4) is 0 Å². The van der Waals surface area contributed by atoms with Gasteiger partial charge in [0.05, 0.1) is 4.90 Å². The maximum atomic E-state index is 13.2. The number of carbonyl (C=O) groups is 3. The zero-order valence-electron chi connectivity index (χ0n) is 21.4. The molecule has 38 heavy (non-hydrogen) atoms. The predicted molar refractivity (Wildman–Crippen MR) is 143 cm³/mol. The summed E-state index contributed by atoms with van der Waals surface area (Å²) in [5.74, 6) is -2.05. The summed E-state index contributed by atoms with van der Waals surface area (Å²) >= 11 is 1.70. The molecule has 3 heterocycles. The van der Waals surface area contributed by atoms with Crippen molar-refractivity contribution in [1.29, 1.82) is 0 Å². The summed E-state index contributed by atoms with van der Waals surface area (Å²) in [6.07, 6.45) is 0.723. The Balaban J connectivity index is 1.30. The van der Waals surface area contributed by atoms with Gasteiger partial charge in [-0.2, -0.15) is 4.31 Å². The second-order valence-corrected chi connectivity index (χ2v) is 12.7. The van der Waals surface area contributed by atoms with Gasteiger partial charge in [0.1, 0.15) is 12.1 Å². The van der Waals surface area contributed by atoms with Crippen LogP contribution in [0.4, 0.5) is 0 Å². The van der Waals surface area contributed by atoms with Crippen molar-refractivity contribution in [2.24, 2.45) is 0 Å². The Morgan fingerprint density at radius 1 is 1.08 bits per heavy atom. The summed E-state index contributed by atoms with van der Waals surface area (Å²) < 4.78 is 27.5. The second kappa shape index (κ2) is 12.4. The van der Waals surface area contributed by atoms with Crippen LogP contribution in [0.15, 0.2) is 46.7 Å². The van der Waals surface area contributed by atoms with Crippen molar-refractivity contribution in [1.82, 2.24) is 19.4 Å². The second-order valence-electron chi connectivity index (χ2n) is 9.76. The van der Waals surface area contributed by atoms with Crippen LogP contribution in [-0.4, -0.2) is 90.2 Å². The van der Waals surface area contributed by atoms with E-state index in [1.165, 1.54) is 17.0 Å². The molecule has 206 valence electrons. The lowest BCUT2D eigenvalue weighted by Crippen LogP contribution is -2.51. The molecule has 2 fully saturated rings. The summed E-state index contributed by atoms with van der Waals surface area (Å²) in [6, 6.07) is 8.23. The molecule has 2 N–H and O–H groups in total. The van der Waals surface area contributed by atoms with Gasteiger partial charge < -0.3 is 15.3 Å². The zero-order valence-corrected chi connectivity index (χ0v) is 23.0. The molecule has 2 aromatic rings. The average Bonchev–Trinajstić information content (AvgIpc) is 3.60. The molecule has 2 atom stereocenters. The van der Waals surface area contributed by atoms with Gasteiger partial charge in [0, 0.05) is 50.6 Å². The number of sulfonamides is 1. The van der Waals surface area contributed by atoms with Gasteiger partial charge >= 0.3 is 5.97 Å². The normalized spacial score (nSPS) is 19.8. The zero-order chi connectivity index (χ0) is 27.3. The van der Waals surface area contributed by atoms with Gasteiger partial charge in [-0.3, -0.25) is 14.5 Å². The van der Waals surface area contributed by atoms with E-state index < -0.39 is 34.0 Å². The Bertz CT molecular complexity index is 1220. The Kier molecular flexibility index (Phi) is 9.19. The van der Waals surface area contributed by atoms with Crippen molar-refractivity contribution in [3.8, 4) is 0 Å². The first kappa shape index (κ1) is 28.2. The lowest BCUT2D eigenvalue weighted by Gasteiger charge is -2.34. The quantitative estimate of drug-likeness (QED) is 0.453. The fraction of sp³-hybridized carbons (Fsp3) is 0.500. The smallest absolute Gasteiger partial charge is 0.326 e. The lowest BCUT2D eigenvalue weighted by atomic mass is 10.1. The van der Waals surface area contributed by atoms with Crippen molar-refractivity contribution in [2.45, 2.75) is 56.1 Å². The van der Waals surface area contributed by atoms with Crippen LogP contribution < -0.4 is 5.32 Å². The first-order valence-corrected chi connectivity index (χ1v) is 15.1. The summed E-state index contributed by atoms with van der Waals surface area (Å²) in [6.45, 7) is 5.52. The van der Waals surface area contributed by atoms with E-state index in [0.717, 1.165) is 29.5 Å². The molecule has 1 aromatic heterocycles. The Morgan fingerprint density at radius 3 is 2.42 bits per heavy atom. The van der Waals surface area contributed by atoms with Gasteiger partial charge in [-0.1, -0.05) is 23.8 Å². The van der Waals surface area contributed by atoms with Crippen LogP contribution in [0.25, 0.3) is 0 Å². The summed E-state index contributed by atoms with van der Waals surface area (Å²) in [5, 5.41) is 14.2. The van der Waals surface area contributed by atoms with Crippen molar-refractivity contribution in [2.75, 3.05) is 32.7 Å². The maximum Gasteiger partial charge on any atom is 0.326 e. The molecule has 0 bridgehead atoms. The van der Waals surface area contributed by atoms with Crippen LogP contribution in [-0.2, 0) is 31.0 Å². The van der Waals surface area contributed by atoms with E-state index in [-0.39, 0.29) is 30.2 Å². The Morgan fingerprint density at radius 2 is 1.79 bits per heavy atom. The highest BCUT2D eigenvalue weighted by molar-refractivity contribution is 7.89. The van der Waals surface area contributed by atoms with Crippen molar-refractivity contribution in [3.63, 3.8) is 0 Å². The molecule has 0 saturated carbocycles. The molecule has 12 heteroatoms. The summed E-state index contributed by atoms with van der Waals surface area (Å²) in [5.41, 5.74) is 0.916. The SMILES string of the molecule is Cc1ccc(S(=O)(=O)N2CCC[C@@H]2C(=O)N[C@@H](CCC(=O)N2CCN(Cc3cccs3)CC2)C(=O)O)cc1. The summed E-state index contributed by atoms with van der Waals surface area (Å²) in [7, 11) is -3.91. The molecule has 4 rings (SSSR count). The van der Waals surface area contributed by atoms with Crippen molar-refractivity contribution in [3.05, 3.63) is 52.2 Å². The number of thiophene rings is 1. The molecular formula is C26H34N4O6S2. The third-order valence-corrected chi connectivity index (χ3v) is 9.86. The van der Waals surface area contributed by atoms with Gasteiger partial charge in [-0.25, -0.2) is 13.2 Å². The topological polar surface area (TPSA) is 127 Å². The Labute approximate surface area is 227 Å². The summed E-state index contributed by atoms with van der Waals surface area (Å²) in [4.78, 5) is 43.1. The minimum Gasteiger partial charge on any atom is -0.480 e. The molecular weight excluding hydrogens is 528 g/mol. The molecule has 0 spiro atoms. The third-order valence-electron chi connectivity index (χ3n) is 7.08. The van der Waals surface area contributed by atoms with Gasteiger partial charge in [-0.05, 0) is 49.8 Å². The van der Waals surface area contributed by atoms with Gasteiger partial charge in [0.15, 0.2) is 0 Å². The molecule has 2 aliphatic heterocycles. The third kappa shape index (κ3) is 6.79. The van der Waals surface area contributed by atoms with E-state index in [1.807, 2.05) is 18.4 Å². The molecule has 0 aliphatic carbocycles. The fourth-order valence-electron chi connectivity index (χ4n) is 4.87. The number of aryl methyl sites for hydroxylation is 1. The number of carboxylic acids is 1. The first-order chi connectivity index (χ1) is 18.1. The minimum atomic E-state index is -3.91. The minimum absolute atomic E-state index is 0.0157. The van der Waals surface area contributed by atoms with E-state index in [0.29, 0.717) is 25.9 Å². The number of hydrogen-bond donors (Lipinski definition) is 2. The number of piperazine rings is 1. The highest BCUT2D eigenvalue weighted by Crippen LogP contribution is 2.26. The lowest BCUT2D eigenvalue weighted by molar-refractivity contribution is -0.143. The molecule has 1 aromatic carbocycles. The highest BCUT2D eigenvalue weighted by Gasteiger charge is 2.40. The highest BCUT2D eigenvalue weighted by atomic mass is 32.2. The molecule has 2 amide bonds. The molecule has 0 unspecified atom stereocenters. The van der Waals surface area contributed by atoms with Gasteiger partial charge in [-0.15, -0.1) is 11.3 Å². The number of carboxylic acid groups (broad SMARTS) is 1.